The first-order chi connectivity index (χ1) is 11.5. The minimum Gasteiger partial charge on any atom is -0.288 e. The largest absolute Gasteiger partial charge is 0.298 e. The van der Waals surface area contributed by atoms with Crippen molar-refractivity contribution < 1.29 is 14.4 Å². The summed E-state index contributed by atoms with van der Waals surface area (Å²) < 4.78 is 16.0. The molecule has 0 fully saturated rings. The molecule has 2 N–H and O–H groups in total. The smallest absolute Gasteiger partial charge is 0.288 e. The van der Waals surface area contributed by atoms with E-state index in [9.17, 15) is 9.18 Å². The fourth-order valence-corrected chi connectivity index (χ4v) is 2.47. The predicted molar refractivity (Wildman–Crippen MR) is 88.2 cm³/mol. The van der Waals surface area contributed by atoms with Crippen molar-refractivity contribution in [3.05, 3.63) is 70.1 Å². The molecule has 1 amide bonds. The second-order valence-corrected chi connectivity index (χ2v) is 5.72. The van der Waals surface area contributed by atoms with Gasteiger partial charge in [0.25, 0.3) is 5.91 Å². The van der Waals surface area contributed by atoms with Crippen molar-refractivity contribution in [2.75, 3.05) is 0 Å². The van der Waals surface area contributed by atoms with Crippen molar-refractivity contribution in [3.63, 3.8) is 0 Å². The fraction of sp³-hybridized carbons (Fsp3) is 0. The molecule has 2 aromatic carbocycles. The number of benzene rings is 2. The van der Waals surface area contributed by atoms with Crippen molar-refractivity contribution in [2.45, 2.75) is 0 Å². The maximum absolute atomic E-state index is 14.8. The quantitative estimate of drug-likeness (QED) is 0.542. The number of hydrogen-bond acceptors (Lipinski definition) is 3. The molecule has 3 aromatic rings. The van der Waals surface area contributed by atoms with Crippen LogP contribution in [0.4, 0.5) is 4.39 Å². The van der Waals surface area contributed by atoms with Gasteiger partial charge in [-0.3, -0.25) is 10.0 Å². The highest BCUT2D eigenvalue weighted by atomic mass is 35.5. The summed E-state index contributed by atoms with van der Waals surface area (Å²) >= 11 is 11.7. The van der Waals surface area contributed by atoms with Crippen LogP contribution >= 0.6 is 23.2 Å². The van der Waals surface area contributed by atoms with E-state index in [4.69, 9.17) is 28.4 Å². The average Bonchev–Trinajstić information content (AvgIpc) is 2.93. The van der Waals surface area contributed by atoms with Crippen molar-refractivity contribution in [1.82, 2.24) is 15.3 Å². The number of halogens is 3. The summed E-state index contributed by atoms with van der Waals surface area (Å²) in [5.74, 6) is -1.91. The number of hydrogen-bond donors (Lipinski definition) is 2. The molecule has 0 radical (unpaired) electrons. The molecule has 0 aliphatic heterocycles. The number of nitrogens with zero attached hydrogens (tertiary/aromatic N) is 2. The Bertz CT molecular complexity index is 893. The molecular formula is C16H10Cl2FN3O2. The van der Waals surface area contributed by atoms with Gasteiger partial charge in [-0.25, -0.2) is 14.6 Å². The second-order valence-electron chi connectivity index (χ2n) is 4.85. The number of aromatic nitrogens is 2. The number of nitrogens with one attached hydrogen (secondary N) is 1. The number of rotatable bonds is 3. The van der Waals surface area contributed by atoms with Gasteiger partial charge in [-0.2, -0.15) is 5.10 Å². The topological polar surface area (TPSA) is 67.2 Å². The fourth-order valence-electron chi connectivity index (χ4n) is 2.22. The van der Waals surface area contributed by atoms with Crippen molar-refractivity contribution in [2.24, 2.45) is 0 Å². The standard InChI is InChI=1S/C16H10Cl2FN3O2/c17-10-3-1-9(2-4-10)15-13(19)14(16(23)21-24)20-22(15)12-7-5-11(18)6-8-12/h1-8,24H,(H,21,23). The van der Waals surface area contributed by atoms with Gasteiger partial charge < -0.3 is 0 Å². The lowest BCUT2D eigenvalue weighted by atomic mass is 10.1. The Morgan fingerprint density at radius 1 is 1.04 bits per heavy atom. The van der Waals surface area contributed by atoms with Crippen LogP contribution in [0, 0.1) is 5.82 Å². The summed E-state index contributed by atoms with van der Waals surface area (Å²) in [7, 11) is 0. The van der Waals surface area contributed by atoms with E-state index < -0.39 is 17.4 Å². The zero-order valence-corrected chi connectivity index (χ0v) is 13.5. The zero-order chi connectivity index (χ0) is 17.3. The van der Waals surface area contributed by atoms with Gasteiger partial charge in [0.2, 0.25) is 0 Å². The highest BCUT2D eigenvalue weighted by Gasteiger charge is 2.25. The minimum atomic E-state index is -1.05. The van der Waals surface area contributed by atoms with Gasteiger partial charge in [0, 0.05) is 15.6 Å². The van der Waals surface area contributed by atoms with Crippen LogP contribution in [0.3, 0.4) is 0 Å². The van der Waals surface area contributed by atoms with Crippen LogP contribution in [-0.2, 0) is 0 Å². The molecule has 0 saturated heterocycles. The molecule has 1 heterocycles. The first-order valence-corrected chi connectivity index (χ1v) is 7.51. The first-order valence-electron chi connectivity index (χ1n) is 6.76. The van der Waals surface area contributed by atoms with Crippen molar-refractivity contribution in [1.29, 1.82) is 0 Å². The predicted octanol–water partition coefficient (Wildman–Crippen LogP) is 4.10. The van der Waals surface area contributed by atoms with E-state index in [1.54, 1.807) is 48.5 Å². The van der Waals surface area contributed by atoms with E-state index in [1.807, 2.05) is 0 Å². The number of hydroxylamine groups is 1. The summed E-state index contributed by atoms with van der Waals surface area (Å²) in [6.07, 6.45) is 0. The Morgan fingerprint density at radius 2 is 1.58 bits per heavy atom. The second kappa shape index (κ2) is 6.60. The van der Waals surface area contributed by atoms with Crippen LogP contribution in [-0.4, -0.2) is 20.9 Å². The molecule has 24 heavy (non-hydrogen) atoms. The molecule has 8 heteroatoms. The van der Waals surface area contributed by atoms with Gasteiger partial charge in [-0.15, -0.1) is 0 Å². The van der Waals surface area contributed by atoms with Crippen LogP contribution < -0.4 is 5.48 Å². The maximum Gasteiger partial charge on any atom is 0.298 e. The van der Waals surface area contributed by atoms with Crippen LogP contribution in [0.15, 0.2) is 48.5 Å². The number of carbonyl (C=O) groups is 1. The third-order valence-electron chi connectivity index (χ3n) is 3.33. The van der Waals surface area contributed by atoms with E-state index in [-0.39, 0.29) is 5.69 Å². The highest BCUT2D eigenvalue weighted by molar-refractivity contribution is 6.30. The zero-order valence-electron chi connectivity index (χ0n) is 12.0. The van der Waals surface area contributed by atoms with E-state index in [2.05, 4.69) is 5.10 Å². The molecule has 3 rings (SSSR count). The Labute approximate surface area is 146 Å². The monoisotopic (exact) mass is 365 g/mol. The average molecular weight is 366 g/mol. The Hall–Kier alpha value is -2.41. The van der Waals surface area contributed by atoms with E-state index in [0.717, 1.165) is 0 Å². The number of amides is 1. The van der Waals surface area contributed by atoms with Crippen LogP contribution in [0.1, 0.15) is 10.5 Å². The summed E-state index contributed by atoms with van der Waals surface area (Å²) in [5, 5.41) is 13.7. The summed E-state index contributed by atoms with van der Waals surface area (Å²) in [4.78, 5) is 11.7. The van der Waals surface area contributed by atoms with Gasteiger partial charge in [-0.05, 0) is 36.4 Å². The molecule has 122 valence electrons. The van der Waals surface area contributed by atoms with E-state index in [0.29, 0.717) is 21.3 Å². The molecule has 0 atom stereocenters. The summed E-state index contributed by atoms with van der Waals surface area (Å²) in [6, 6.07) is 12.9. The molecule has 0 aliphatic carbocycles. The maximum atomic E-state index is 14.8. The molecule has 0 aliphatic rings. The Morgan fingerprint density at radius 3 is 2.12 bits per heavy atom. The summed E-state index contributed by atoms with van der Waals surface area (Å²) in [5.41, 5.74) is 1.89. The number of carbonyl (C=O) groups excluding carboxylic acids is 1. The normalized spacial score (nSPS) is 10.7. The van der Waals surface area contributed by atoms with Gasteiger partial charge in [0.05, 0.1) is 5.69 Å². The summed E-state index contributed by atoms with van der Waals surface area (Å²) in [6.45, 7) is 0. The SMILES string of the molecule is O=C(NO)c1nn(-c2ccc(Cl)cc2)c(-c2ccc(Cl)cc2)c1F. The van der Waals surface area contributed by atoms with Gasteiger partial charge in [0.15, 0.2) is 11.5 Å². The molecule has 5 nitrogen and oxygen atoms in total. The molecule has 0 unspecified atom stereocenters. The third-order valence-corrected chi connectivity index (χ3v) is 3.84. The molecule has 0 saturated carbocycles. The Kier molecular flexibility index (Phi) is 4.53. The van der Waals surface area contributed by atoms with Crippen LogP contribution in [0.25, 0.3) is 16.9 Å². The van der Waals surface area contributed by atoms with Crippen molar-refractivity contribution in [3.8, 4) is 16.9 Å². The van der Waals surface area contributed by atoms with E-state index >= 15 is 0 Å². The molecule has 0 spiro atoms. The van der Waals surface area contributed by atoms with Crippen LogP contribution in [0.5, 0.6) is 0 Å². The lowest BCUT2D eigenvalue weighted by Gasteiger charge is -2.08. The highest BCUT2D eigenvalue weighted by Crippen LogP contribution is 2.29. The lowest BCUT2D eigenvalue weighted by molar-refractivity contribution is 0.0696. The van der Waals surface area contributed by atoms with Gasteiger partial charge >= 0.3 is 0 Å². The third kappa shape index (κ3) is 2.99. The molecular weight excluding hydrogens is 356 g/mol. The van der Waals surface area contributed by atoms with E-state index in [1.165, 1.54) is 10.2 Å². The minimum absolute atomic E-state index is 0.0626. The lowest BCUT2D eigenvalue weighted by Crippen LogP contribution is -2.20. The van der Waals surface area contributed by atoms with Crippen LogP contribution in [0.2, 0.25) is 10.0 Å². The van der Waals surface area contributed by atoms with Gasteiger partial charge in [-0.1, -0.05) is 35.3 Å². The Balaban J connectivity index is 2.24. The first kappa shape index (κ1) is 16.4. The molecule has 1 aromatic heterocycles. The molecule has 0 bridgehead atoms. The van der Waals surface area contributed by atoms with Crippen molar-refractivity contribution >= 4 is 29.1 Å². The van der Waals surface area contributed by atoms with Gasteiger partial charge in [0.1, 0.15) is 5.69 Å².